The fourth-order valence-corrected chi connectivity index (χ4v) is 3.17. The Balaban J connectivity index is 2.26. The lowest BCUT2D eigenvalue weighted by molar-refractivity contribution is 0.0942. The number of carbonyl (C=O) groups excluding carboxylic acids is 1. The molecule has 0 aliphatic carbocycles. The van der Waals surface area contributed by atoms with Crippen LogP contribution in [0.2, 0.25) is 0 Å². The Bertz CT molecular complexity index is 838. The highest BCUT2D eigenvalue weighted by molar-refractivity contribution is 6.02. The first-order valence-electron chi connectivity index (χ1n) is 10.4. The molecule has 2 aromatic rings. The Morgan fingerprint density at radius 2 is 2.00 bits per heavy atom. The van der Waals surface area contributed by atoms with Gasteiger partial charge in [-0.2, -0.15) is 0 Å². The van der Waals surface area contributed by atoms with E-state index in [9.17, 15) is 9.18 Å². The highest BCUT2D eigenvalue weighted by Gasteiger charge is 2.17. The molecule has 1 amide bonds. The molecule has 1 aromatic carbocycles. The molecule has 160 valence electrons. The molecule has 1 aromatic heterocycles. The van der Waals surface area contributed by atoms with Crippen molar-refractivity contribution in [3.05, 3.63) is 35.1 Å². The maximum Gasteiger partial charge on any atom is 0.256 e. The number of halogens is 1. The predicted molar refractivity (Wildman–Crippen MR) is 118 cm³/mol. The van der Waals surface area contributed by atoms with E-state index in [1.165, 1.54) is 6.07 Å². The van der Waals surface area contributed by atoms with Crippen LogP contribution in [0.5, 0.6) is 0 Å². The van der Waals surface area contributed by atoms with Crippen molar-refractivity contribution < 1.29 is 9.18 Å². The smallest absolute Gasteiger partial charge is 0.256 e. The zero-order chi connectivity index (χ0) is 21.6. The second-order valence-corrected chi connectivity index (χ2v) is 8.01. The molecule has 7 heteroatoms. The molecule has 2 unspecified atom stereocenters. The number of fused-ring (bicyclic) bond motifs is 1. The Labute approximate surface area is 172 Å². The second-order valence-electron chi connectivity index (χ2n) is 8.01. The molecule has 0 saturated carbocycles. The second kappa shape index (κ2) is 10.5. The molecule has 2 rings (SSSR count). The average Bonchev–Trinajstić information content (AvgIpc) is 2.66. The lowest BCUT2D eigenvalue weighted by Crippen LogP contribution is -2.39. The van der Waals surface area contributed by atoms with Gasteiger partial charge >= 0.3 is 0 Å². The van der Waals surface area contributed by atoms with E-state index in [1.54, 1.807) is 26.0 Å². The zero-order valence-electron chi connectivity index (χ0n) is 18.1. The van der Waals surface area contributed by atoms with Crippen molar-refractivity contribution >= 4 is 22.6 Å². The Morgan fingerprint density at radius 1 is 1.28 bits per heavy atom. The van der Waals surface area contributed by atoms with Crippen molar-refractivity contribution in [3.8, 4) is 0 Å². The number of carbonyl (C=O) groups is 1. The number of pyridine rings is 1. The van der Waals surface area contributed by atoms with Crippen LogP contribution < -0.4 is 21.7 Å². The quantitative estimate of drug-likeness (QED) is 0.456. The number of hydrogen-bond donors (Lipinski definition) is 4. The van der Waals surface area contributed by atoms with Crippen LogP contribution in [0.25, 0.3) is 10.9 Å². The fourth-order valence-electron chi connectivity index (χ4n) is 3.17. The lowest BCUT2D eigenvalue weighted by Gasteiger charge is -2.20. The van der Waals surface area contributed by atoms with Gasteiger partial charge in [-0.3, -0.25) is 4.79 Å². The molecular weight excluding hydrogens is 369 g/mol. The largest absolute Gasteiger partial charge is 0.369 e. The summed E-state index contributed by atoms with van der Waals surface area (Å²) in [6.07, 6.45) is 1.42. The third kappa shape index (κ3) is 6.37. The summed E-state index contributed by atoms with van der Waals surface area (Å²) in [7, 11) is 0. The van der Waals surface area contributed by atoms with Crippen LogP contribution in [0.4, 0.5) is 10.2 Å². The van der Waals surface area contributed by atoms with Gasteiger partial charge < -0.3 is 21.7 Å². The highest BCUT2D eigenvalue weighted by Crippen LogP contribution is 2.25. The van der Waals surface area contributed by atoms with Crippen LogP contribution in [0, 0.1) is 18.7 Å². The molecule has 0 aliphatic rings. The average molecular weight is 404 g/mol. The summed E-state index contributed by atoms with van der Waals surface area (Å²) in [6.45, 7) is 11.5. The van der Waals surface area contributed by atoms with Gasteiger partial charge in [0.05, 0.1) is 17.2 Å². The number of rotatable bonds is 10. The van der Waals surface area contributed by atoms with Crippen molar-refractivity contribution in [1.82, 2.24) is 15.6 Å². The number of hydrogen-bond acceptors (Lipinski definition) is 5. The lowest BCUT2D eigenvalue weighted by atomic mass is 10.1. The van der Waals surface area contributed by atoms with Gasteiger partial charge in [0, 0.05) is 23.5 Å². The molecule has 6 nitrogen and oxygen atoms in total. The number of nitrogens with zero attached hydrogens (tertiary/aromatic N) is 1. The highest BCUT2D eigenvalue weighted by atomic mass is 19.1. The number of nitrogens with two attached hydrogens (primary N) is 1. The Kier molecular flexibility index (Phi) is 8.34. The minimum Gasteiger partial charge on any atom is -0.369 e. The van der Waals surface area contributed by atoms with Gasteiger partial charge in [0.15, 0.2) is 0 Å². The van der Waals surface area contributed by atoms with Crippen molar-refractivity contribution in [2.75, 3.05) is 18.4 Å². The molecule has 0 saturated heterocycles. The third-order valence-electron chi connectivity index (χ3n) is 4.87. The topological polar surface area (TPSA) is 92.1 Å². The van der Waals surface area contributed by atoms with E-state index in [2.05, 4.69) is 41.7 Å². The zero-order valence-corrected chi connectivity index (χ0v) is 18.1. The molecule has 5 N–H and O–H groups in total. The number of aromatic nitrogens is 1. The van der Waals surface area contributed by atoms with E-state index in [0.717, 1.165) is 19.4 Å². The molecule has 0 spiro atoms. The minimum absolute atomic E-state index is 0.302. The van der Waals surface area contributed by atoms with Crippen LogP contribution in [0.3, 0.4) is 0 Å². The van der Waals surface area contributed by atoms with Crippen LogP contribution >= 0.6 is 0 Å². The van der Waals surface area contributed by atoms with Crippen molar-refractivity contribution in [2.45, 2.75) is 59.7 Å². The molecule has 0 fully saturated rings. The van der Waals surface area contributed by atoms with Crippen molar-refractivity contribution in [3.63, 3.8) is 0 Å². The van der Waals surface area contributed by atoms with Gasteiger partial charge in [-0.15, -0.1) is 0 Å². The SMILES string of the molecule is CCC(CCNc1nc2c(C)c(F)ccc2cc1C(=O)NC(C)N)NCC(C)C. The maximum absolute atomic E-state index is 14.0. The maximum atomic E-state index is 14.0. The molecule has 1 heterocycles. The van der Waals surface area contributed by atoms with Crippen LogP contribution in [0.15, 0.2) is 18.2 Å². The van der Waals surface area contributed by atoms with Gasteiger partial charge in [-0.1, -0.05) is 20.8 Å². The Hall–Kier alpha value is -2.25. The third-order valence-corrected chi connectivity index (χ3v) is 4.87. The first kappa shape index (κ1) is 23.0. The van der Waals surface area contributed by atoms with Gasteiger partial charge in [0.1, 0.15) is 11.6 Å². The first-order valence-corrected chi connectivity index (χ1v) is 10.4. The van der Waals surface area contributed by atoms with Gasteiger partial charge in [-0.05, 0) is 57.4 Å². The van der Waals surface area contributed by atoms with Crippen LogP contribution in [-0.2, 0) is 0 Å². The first-order chi connectivity index (χ1) is 13.7. The van der Waals surface area contributed by atoms with E-state index >= 15 is 0 Å². The van der Waals surface area contributed by atoms with Gasteiger partial charge in [-0.25, -0.2) is 9.37 Å². The number of aryl methyl sites for hydroxylation is 1. The van der Waals surface area contributed by atoms with Gasteiger partial charge in [0.25, 0.3) is 5.91 Å². The summed E-state index contributed by atoms with van der Waals surface area (Å²) < 4.78 is 14.0. The molecule has 2 atom stereocenters. The summed E-state index contributed by atoms with van der Waals surface area (Å²) in [5.74, 6) is 0.421. The molecule has 0 radical (unpaired) electrons. The normalized spacial score (nSPS) is 13.5. The standard InChI is InChI=1S/C22H34FN5O/c1-6-17(26-12-13(2)3)9-10-25-21-18(22(29)27-15(5)24)11-16-7-8-19(23)14(4)20(16)28-21/h7-8,11,13,15,17,26H,6,9-10,12,24H2,1-5H3,(H,25,28)(H,27,29). The summed E-state index contributed by atoms with van der Waals surface area (Å²) in [5.41, 5.74) is 7.15. The van der Waals surface area contributed by atoms with E-state index in [0.29, 0.717) is 46.4 Å². The van der Waals surface area contributed by atoms with Crippen molar-refractivity contribution in [2.24, 2.45) is 11.7 Å². The molecular formula is C22H34FN5O. The number of benzene rings is 1. The number of nitrogens with one attached hydrogen (secondary N) is 3. The molecule has 29 heavy (non-hydrogen) atoms. The molecule has 0 bridgehead atoms. The van der Waals surface area contributed by atoms with E-state index in [4.69, 9.17) is 5.73 Å². The predicted octanol–water partition coefficient (Wildman–Crippen LogP) is 3.54. The Morgan fingerprint density at radius 3 is 2.62 bits per heavy atom. The van der Waals surface area contributed by atoms with Crippen molar-refractivity contribution in [1.29, 1.82) is 0 Å². The summed E-state index contributed by atoms with van der Waals surface area (Å²) in [5, 5.41) is 10.3. The summed E-state index contributed by atoms with van der Waals surface area (Å²) >= 11 is 0. The monoisotopic (exact) mass is 403 g/mol. The van der Waals surface area contributed by atoms with Crippen LogP contribution in [-0.4, -0.2) is 36.2 Å². The summed E-state index contributed by atoms with van der Waals surface area (Å²) in [6, 6.07) is 5.15. The van der Waals surface area contributed by atoms with E-state index < -0.39 is 6.17 Å². The van der Waals surface area contributed by atoms with E-state index in [-0.39, 0.29) is 11.7 Å². The minimum atomic E-state index is -0.481. The fraction of sp³-hybridized carbons (Fsp3) is 0.545. The van der Waals surface area contributed by atoms with Crippen LogP contribution in [0.1, 0.15) is 56.5 Å². The van der Waals surface area contributed by atoms with E-state index in [1.807, 2.05) is 0 Å². The molecule has 0 aliphatic heterocycles. The summed E-state index contributed by atoms with van der Waals surface area (Å²) in [4.78, 5) is 17.2. The number of amides is 1. The van der Waals surface area contributed by atoms with Gasteiger partial charge in [0.2, 0.25) is 0 Å². The number of anilines is 1.